The van der Waals surface area contributed by atoms with E-state index in [-0.39, 0.29) is 17.7 Å². The molecule has 1 fully saturated rings. The fourth-order valence-electron chi connectivity index (χ4n) is 3.55. The number of thiazole rings is 1. The summed E-state index contributed by atoms with van der Waals surface area (Å²) in [5, 5.41) is 6.37. The van der Waals surface area contributed by atoms with Crippen molar-refractivity contribution in [2.24, 2.45) is 5.92 Å². The summed E-state index contributed by atoms with van der Waals surface area (Å²) in [6.45, 7) is 3.23. The van der Waals surface area contributed by atoms with E-state index in [2.05, 4.69) is 10.3 Å². The highest BCUT2D eigenvalue weighted by Gasteiger charge is 2.28. The number of fused-ring (bicyclic) bond motifs is 1. The van der Waals surface area contributed by atoms with E-state index in [1.807, 2.05) is 47.5 Å². The van der Waals surface area contributed by atoms with E-state index in [0.717, 1.165) is 36.8 Å². The maximum Gasteiger partial charge on any atom is 0.231 e. The molecule has 1 saturated heterocycles. The molecule has 2 amide bonds. The number of rotatable bonds is 5. The second-order valence-electron chi connectivity index (χ2n) is 7.10. The van der Waals surface area contributed by atoms with Gasteiger partial charge in [0.2, 0.25) is 11.8 Å². The molecule has 1 unspecified atom stereocenters. The summed E-state index contributed by atoms with van der Waals surface area (Å²) in [6.07, 6.45) is 3.02. The number of furan rings is 1. The number of aromatic nitrogens is 1. The molecule has 28 heavy (non-hydrogen) atoms. The van der Waals surface area contributed by atoms with E-state index in [4.69, 9.17) is 4.42 Å². The number of para-hydroxylation sites is 1. The van der Waals surface area contributed by atoms with Crippen LogP contribution in [0, 0.1) is 5.92 Å². The van der Waals surface area contributed by atoms with Gasteiger partial charge in [0.05, 0.1) is 5.92 Å². The summed E-state index contributed by atoms with van der Waals surface area (Å²) in [5.74, 6) is 0.570. The maximum absolute atomic E-state index is 12.7. The Bertz CT molecular complexity index is 961. The van der Waals surface area contributed by atoms with Crippen molar-refractivity contribution in [2.75, 3.05) is 18.4 Å². The maximum atomic E-state index is 12.7. The third kappa shape index (κ3) is 3.94. The molecular formula is C21H23N3O3S. The Hall–Kier alpha value is -2.67. The first-order chi connectivity index (χ1) is 13.6. The van der Waals surface area contributed by atoms with Crippen molar-refractivity contribution in [3.05, 3.63) is 35.7 Å². The van der Waals surface area contributed by atoms with Crippen LogP contribution in [0.1, 0.15) is 32.6 Å². The van der Waals surface area contributed by atoms with Crippen molar-refractivity contribution in [3.8, 4) is 11.5 Å². The molecule has 1 aliphatic rings. The van der Waals surface area contributed by atoms with Gasteiger partial charge in [0.25, 0.3) is 0 Å². The zero-order valence-electron chi connectivity index (χ0n) is 15.8. The van der Waals surface area contributed by atoms with Crippen molar-refractivity contribution < 1.29 is 14.0 Å². The lowest BCUT2D eigenvalue weighted by Gasteiger charge is -2.31. The Balaban J connectivity index is 1.42. The van der Waals surface area contributed by atoms with E-state index in [1.165, 1.54) is 11.3 Å². The standard InChI is InChI=1S/C21H23N3O3S/c1-2-6-19(25)24-10-5-8-15(12-24)20(26)23-21-22-16(13-28-21)18-11-14-7-3-4-9-17(14)27-18/h3-4,7,9,11,13,15H,2,5-6,8,10,12H2,1H3,(H,22,23,26). The fourth-order valence-corrected chi connectivity index (χ4v) is 4.25. The second-order valence-corrected chi connectivity index (χ2v) is 7.96. The van der Waals surface area contributed by atoms with Crippen LogP contribution in [0.4, 0.5) is 5.13 Å². The van der Waals surface area contributed by atoms with Crippen molar-refractivity contribution in [1.29, 1.82) is 0 Å². The zero-order valence-corrected chi connectivity index (χ0v) is 16.6. The highest BCUT2D eigenvalue weighted by Crippen LogP contribution is 2.30. The number of nitrogens with one attached hydrogen (secondary N) is 1. The monoisotopic (exact) mass is 397 g/mol. The Morgan fingerprint density at radius 3 is 3.04 bits per heavy atom. The minimum Gasteiger partial charge on any atom is -0.454 e. The van der Waals surface area contributed by atoms with Crippen LogP contribution >= 0.6 is 11.3 Å². The zero-order chi connectivity index (χ0) is 19.5. The highest BCUT2D eigenvalue weighted by molar-refractivity contribution is 7.14. The molecule has 2 aromatic heterocycles. The number of nitrogens with zero attached hydrogens (tertiary/aromatic N) is 2. The number of piperidine rings is 1. The Labute approximate surface area is 167 Å². The van der Waals surface area contributed by atoms with Gasteiger partial charge in [0.1, 0.15) is 11.3 Å². The topological polar surface area (TPSA) is 75.4 Å². The second kappa shape index (κ2) is 8.14. The number of anilines is 1. The van der Waals surface area contributed by atoms with Crippen molar-refractivity contribution >= 4 is 39.3 Å². The van der Waals surface area contributed by atoms with Crippen molar-refractivity contribution in [1.82, 2.24) is 9.88 Å². The van der Waals surface area contributed by atoms with E-state index >= 15 is 0 Å². The Morgan fingerprint density at radius 2 is 2.21 bits per heavy atom. The van der Waals surface area contributed by atoms with Gasteiger partial charge in [0.15, 0.2) is 10.9 Å². The number of hydrogen-bond acceptors (Lipinski definition) is 5. The van der Waals surface area contributed by atoms with Crippen molar-refractivity contribution in [2.45, 2.75) is 32.6 Å². The van der Waals surface area contributed by atoms with Crippen LogP contribution in [-0.4, -0.2) is 34.8 Å². The number of amides is 2. The van der Waals surface area contributed by atoms with Gasteiger partial charge in [-0.25, -0.2) is 4.98 Å². The summed E-state index contributed by atoms with van der Waals surface area (Å²) in [7, 11) is 0. The number of likely N-dealkylation sites (tertiary alicyclic amines) is 1. The first-order valence-electron chi connectivity index (χ1n) is 9.67. The number of hydrogen-bond donors (Lipinski definition) is 1. The van der Waals surface area contributed by atoms with Crippen LogP contribution in [-0.2, 0) is 9.59 Å². The van der Waals surface area contributed by atoms with Crippen LogP contribution in [0.15, 0.2) is 40.1 Å². The van der Waals surface area contributed by atoms with Gasteiger partial charge in [-0.15, -0.1) is 11.3 Å². The van der Waals surface area contributed by atoms with E-state index in [0.29, 0.717) is 29.6 Å². The lowest BCUT2D eigenvalue weighted by atomic mass is 9.97. The smallest absolute Gasteiger partial charge is 0.231 e. The van der Waals surface area contributed by atoms with Gasteiger partial charge >= 0.3 is 0 Å². The molecule has 3 heterocycles. The quantitative estimate of drug-likeness (QED) is 0.686. The normalized spacial score (nSPS) is 17.0. The van der Waals surface area contributed by atoms with Gasteiger partial charge in [-0.3, -0.25) is 9.59 Å². The van der Waals surface area contributed by atoms with Gasteiger partial charge in [-0.1, -0.05) is 25.1 Å². The molecule has 146 valence electrons. The molecule has 0 spiro atoms. The number of benzene rings is 1. The Morgan fingerprint density at radius 1 is 1.36 bits per heavy atom. The molecule has 4 rings (SSSR count). The van der Waals surface area contributed by atoms with Gasteiger partial charge in [0, 0.05) is 30.3 Å². The van der Waals surface area contributed by atoms with E-state index in [1.54, 1.807) is 0 Å². The van der Waals surface area contributed by atoms with E-state index in [9.17, 15) is 9.59 Å². The van der Waals surface area contributed by atoms with Crippen LogP contribution in [0.5, 0.6) is 0 Å². The van der Waals surface area contributed by atoms with Crippen LogP contribution in [0.25, 0.3) is 22.4 Å². The minimum atomic E-state index is -0.187. The first-order valence-corrected chi connectivity index (χ1v) is 10.5. The van der Waals surface area contributed by atoms with E-state index < -0.39 is 0 Å². The number of carbonyl (C=O) groups is 2. The molecule has 1 aromatic carbocycles. The Kier molecular flexibility index (Phi) is 5.43. The average molecular weight is 398 g/mol. The molecule has 1 atom stereocenters. The first kappa shape index (κ1) is 18.7. The number of carbonyl (C=O) groups excluding carboxylic acids is 2. The lowest BCUT2D eigenvalue weighted by molar-refractivity contribution is -0.134. The van der Waals surface area contributed by atoms with Crippen molar-refractivity contribution in [3.63, 3.8) is 0 Å². The van der Waals surface area contributed by atoms with Crippen LogP contribution in [0.3, 0.4) is 0 Å². The third-order valence-corrected chi connectivity index (χ3v) is 5.78. The molecule has 0 radical (unpaired) electrons. The molecule has 1 N–H and O–H groups in total. The molecule has 3 aromatic rings. The van der Waals surface area contributed by atoms with Gasteiger partial charge in [-0.2, -0.15) is 0 Å². The highest BCUT2D eigenvalue weighted by atomic mass is 32.1. The SMILES string of the molecule is CCCC(=O)N1CCCC(C(=O)Nc2nc(-c3cc4ccccc4o3)cs2)C1. The largest absolute Gasteiger partial charge is 0.454 e. The van der Waals surface area contributed by atoms with Gasteiger partial charge in [-0.05, 0) is 31.4 Å². The van der Waals surface area contributed by atoms with Crippen LogP contribution < -0.4 is 5.32 Å². The average Bonchev–Trinajstić information content (AvgIpc) is 3.35. The predicted molar refractivity (Wildman–Crippen MR) is 110 cm³/mol. The fraction of sp³-hybridized carbons (Fsp3) is 0.381. The molecule has 6 nitrogen and oxygen atoms in total. The van der Waals surface area contributed by atoms with Crippen LogP contribution in [0.2, 0.25) is 0 Å². The molecule has 0 bridgehead atoms. The summed E-state index contributed by atoms with van der Waals surface area (Å²) >= 11 is 1.38. The molecule has 0 aliphatic carbocycles. The lowest BCUT2D eigenvalue weighted by Crippen LogP contribution is -2.43. The summed E-state index contributed by atoms with van der Waals surface area (Å²) in [6, 6.07) is 9.76. The predicted octanol–water partition coefficient (Wildman–Crippen LogP) is 4.53. The summed E-state index contributed by atoms with van der Waals surface area (Å²) < 4.78 is 5.84. The summed E-state index contributed by atoms with van der Waals surface area (Å²) in [4.78, 5) is 31.1. The molecule has 7 heteroatoms. The molecule has 1 aliphatic heterocycles. The minimum absolute atomic E-state index is 0.0699. The third-order valence-electron chi connectivity index (χ3n) is 5.02. The summed E-state index contributed by atoms with van der Waals surface area (Å²) in [5.41, 5.74) is 1.52. The van der Waals surface area contributed by atoms with Gasteiger partial charge < -0.3 is 14.6 Å². The molecule has 0 saturated carbocycles. The molecular weight excluding hydrogens is 374 g/mol.